The van der Waals surface area contributed by atoms with Crippen molar-refractivity contribution < 1.29 is 0 Å². The van der Waals surface area contributed by atoms with E-state index >= 15 is 0 Å². The zero-order valence-electron chi connectivity index (χ0n) is 8.31. The highest BCUT2D eigenvalue weighted by Crippen LogP contribution is 2.53. The summed E-state index contributed by atoms with van der Waals surface area (Å²) in [6.07, 6.45) is 2.39. The maximum atomic E-state index is 5.69. The fourth-order valence-corrected chi connectivity index (χ4v) is 2.74. The van der Waals surface area contributed by atoms with E-state index in [1.54, 1.807) is 0 Å². The van der Waals surface area contributed by atoms with Gasteiger partial charge >= 0.3 is 0 Å². The molecule has 0 spiro atoms. The molecule has 0 aliphatic heterocycles. The zero-order chi connectivity index (χ0) is 10.3. The maximum absolute atomic E-state index is 5.69. The van der Waals surface area contributed by atoms with Gasteiger partial charge in [-0.25, -0.2) is 4.98 Å². The molecule has 2 aromatic rings. The van der Waals surface area contributed by atoms with Gasteiger partial charge in [0.05, 0.1) is 5.69 Å². The lowest BCUT2D eigenvalue weighted by atomic mass is 9.93. The van der Waals surface area contributed by atoms with Crippen molar-refractivity contribution in [2.75, 3.05) is 5.73 Å². The highest BCUT2D eigenvalue weighted by atomic mass is 32.1. The van der Waals surface area contributed by atoms with E-state index in [1.807, 2.05) is 0 Å². The van der Waals surface area contributed by atoms with Gasteiger partial charge in [-0.05, 0) is 18.4 Å². The quantitative estimate of drug-likeness (QED) is 0.838. The lowest BCUT2D eigenvalue weighted by molar-refractivity contribution is 0.815. The largest absolute Gasteiger partial charge is 0.375 e. The van der Waals surface area contributed by atoms with E-state index in [0.29, 0.717) is 5.13 Å². The number of nitrogens with zero attached hydrogens (tertiary/aromatic N) is 1. The normalized spacial score (nSPS) is 17.6. The first-order valence-corrected chi connectivity index (χ1v) is 5.96. The third-order valence-corrected chi connectivity index (χ3v) is 3.76. The minimum absolute atomic E-state index is 0.176. The highest BCUT2D eigenvalue weighted by molar-refractivity contribution is 7.13. The molecule has 0 saturated heterocycles. The van der Waals surface area contributed by atoms with E-state index in [0.717, 1.165) is 5.69 Å². The van der Waals surface area contributed by atoms with Gasteiger partial charge < -0.3 is 5.73 Å². The number of nitrogen functional groups attached to an aromatic ring is 1. The lowest BCUT2D eigenvalue weighted by Gasteiger charge is -2.12. The zero-order valence-corrected chi connectivity index (χ0v) is 9.13. The fourth-order valence-electron chi connectivity index (χ4n) is 2.08. The molecule has 1 aliphatic rings. The summed E-state index contributed by atoms with van der Waals surface area (Å²) >= 11 is 1.53. The summed E-state index contributed by atoms with van der Waals surface area (Å²) < 4.78 is 0. The van der Waals surface area contributed by atoms with E-state index in [2.05, 4.69) is 40.7 Å². The Morgan fingerprint density at radius 1 is 1.20 bits per heavy atom. The second-order valence-electron chi connectivity index (χ2n) is 4.02. The molecule has 0 atom stereocenters. The summed E-state index contributed by atoms with van der Waals surface area (Å²) in [7, 11) is 0. The Kier molecular flexibility index (Phi) is 1.83. The van der Waals surface area contributed by atoms with Crippen molar-refractivity contribution in [3.63, 3.8) is 0 Å². The monoisotopic (exact) mass is 216 g/mol. The Hall–Kier alpha value is -1.35. The molecular weight excluding hydrogens is 204 g/mol. The molecule has 0 amide bonds. The van der Waals surface area contributed by atoms with E-state index in [9.17, 15) is 0 Å². The van der Waals surface area contributed by atoms with Gasteiger partial charge in [0.2, 0.25) is 0 Å². The van der Waals surface area contributed by atoms with Crippen molar-refractivity contribution in [1.29, 1.82) is 0 Å². The number of anilines is 1. The van der Waals surface area contributed by atoms with E-state index in [4.69, 9.17) is 5.73 Å². The number of benzene rings is 1. The average molecular weight is 216 g/mol. The Labute approximate surface area is 92.8 Å². The van der Waals surface area contributed by atoms with Crippen LogP contribution in [-0.4, -0.2) is 4.98 Å². The lowest BCUT2D eigenvalue weighted by Crippen LogP contribution is -2.08. The SMILES string of the molecule is Nc1nc(C2(c3ccccc3)CC2)cs1. The van der Waals surface area contributed by atoms with Crippen molar-refractivity contribution in [2.45, 2.75) is 18.3 Å². The Balaban J connectivity index is 2.05. The van der Waals surface area contributed by atoms with Gasteiger partial charge in [0, 0.05) is 10.8 Å². The van der Waals surface area contributed by atoms with E-state index in [-0.39, 0.29) is 5.41 Å². The molecule has 2 nitrogen and oxygen atoms in total. The molecule has 0 radical (unpaired) electrons. The molecule has 1 saturated carbocycles. The van der Waals surface area contributed by atoms with Crippen LogP contribution in [0.25, 0.3) is 0 Å². The second kappa shape index (κ2) is 3.07. The van der Waals surface area contributed by atoms with Gasteiger partial charge in [-0.3, -0.25) is 0 Å². The van der Waals surface area contributed by atoms with Crippen molar-refractivity contribution >= 4 is 16.5 Å². The topological polar surface area (TPSA) is 38.9 Å². The summed E-state index contributed by atoms with van der Waals surface area (Å²) in [5.41, 5.74) is 8.38. The van der Waals surface area contributed by atoms with Crippen LogP contribution < -0.4 is 5.73 Å². The first-order chi connectivity index (χ1) is 7.31. The standard InChI is InChI=1S/C12H12N2S/c13-11-14-10(8-15-11)12(6-7-12)9-4-2-1-3-5-9/h1-5,8H,6-7H2,(H2,13,14). The molecule has 1 aromatic carbocycles. The van der Waals surface area contributed by atoms with Gasteiger partial charge in [-0.2, -0.15) is 0 Å². The van der Waals surface area contributed by atoms with Gasteiger partial charge in [0.15, 0.2) is 5.13 Å². The Morgan fingerprint density at radius 2 is 1.93 bits per heavy atom. The van der Waals surface area contributed by atoms with Gasteiger partial charge in [-0.15, -0.1) is 11.3 Å². The van der Waals surface area contributed by atoms with Crippen LogP contribution in [0.2, 0.25) is 0 Å². The van der Waals surface area contributed by atoms with Crippen LogP contribution in [0.1, 0.15) is 24.1 Å². The molecule has 2 N–H and O–H groups in total. The molecule has 1 aliphatic carbocycles. The van der Waals surface area contributed by atoms with Crippen LogP contribution in [-0.2, 0) is 5.41 Å². The van der Waals surface area contributed by atoms with Gasteiger partial charge in [0.1, 0.15) is 0 Å². The molecule has 0 unspecified atom stereocenters. The number of nitrogens with two attached hydrogens (primary N) is 1. The average Bonchev–Trinajstić information content (AvgIpc) is 2.98. The molecule has 3 rings (SSSR count). The number of hydrogen-bond donors (Lipinski definition) is 1. The molecule has 15 heavy (non-hydrogen) atoms. The first kappa shape index (κ1) is 8.92. The van der Waals surface area contributed by atoms with Crippen LogP contribution in [0, 0.1) is 0 Å². The van der Waals surface area contributed by atoms with Crippen LogP contribution >= 0.6 is 11.3 Å². The molecule has 0 bridgehead atoms. The van der Waals surface area contributed by atoms with Crippen molar-refractivity contribution in [1.82, 2.24) is 4.98 Å². The summed E-state index contributed by atoms with van der Waals surface area (Å²) in [6, 6.07) is 10.6. The number of rotatable bonds is 2. The van der Waals surface area contributed by atoms with Gasteiger partial charge in [-0.1, -0.05) is 30.3 Å². The third kappa shape index (κ3) is 1.35. The first-order valence-electron chi connectivity index (χ1n) is 5.08. The molecule has 1 heterocycles. The maximum Gasteiger partial charge on any atom is 0.180 e. The Bertz CT molecular complexity index is 471. The smallest absolute Gasteiger partial charge is 0.180 e. The summed E-state index contributed by atoms with van der Waals surface area (Å²) in [5.74, 6) is 0. The predicted molar refractivity (Wildman–Crippen MR) is 63.0 cm³/mol. The van der Waals surface area contributed by atoms with Crippen LogP contribution in [0.4, 0.5) is 5.13 Å². The molecular formula is C12H12N2S. The molecule has 76 valence electrons. The van der Waals surface area contributed by atoms with E-state index in [1.165, 1.54) is 29.7 Å². The molecule has 3 heteroatoms. The number of thiazole rings is 1. The summed E-state index contributed by atoms with van der Waals surface area (Å²) in [4.78, 5) is 4.42. The van der Waals surface area contributed by atoms with Crippen molar-refractivity contribution in [3.05, 3.63) is 47.0 Å². The third-order valence-electron chi connectivity index (χ3n) is 3.09. The van der Waals surface area contributed by atoms with Crippen molar-refractivity contribution in [3.8, 4) is 0 Å². The van der Waals surface area contributed by atoms with Crippen LogP contribution in [0.15, 0.2) is 35.7 Å². The minimum atomic E-state index is 0.176. The summed E-state index contributed by atoms with van der Waals surface area (Å²) in [6.45, 7) is 0. The number of hydrogen-bond acceptors (Lipinski definition) is 3. The predicted octanol–water partition coefficient (Wildman–Crippen LogP) is 2.81. The minimum Gasteiger partial charge on any atom is -0.375 e. The number of aromatic nitrogens is 1. The van der Waals surface area contributed by atoms with Crippen LogP contribution in [0.5, 0.6) is 0 Å². The van der Waals surface area contributed by atoms with Crippen molar-refractivity contribution in [2.24, 2.45) is 0 Å². The van der Waals surface area contributed by atoms with Crippen LogP contribution in [0.3, 0.4) is 0 Å². The summed E-state index contributed by atoms with van der Waals surface area (Å²) in [5, 5.41) is 2.77. The van der Waals surface area contributed by atoms with Gasteiger partial charge in [0.25, 0.3) is 0 Å². The Morgan fingerprint density at radius 3 is 2.47 bits per heavy atom. The fraction of sp³-hybridized carbons (Fsp3) is 0.250. The highest BCUT2D eigenvalue weighted by Gasteiger charge is 2.47. The molecule has 1 aromatic heterocycles. The van der Waals surface area contributed by atoms with E-state index < -0.39 is 0 Å². The second-order valence-corrected chi connectivity index (χ2v) is 4.91. The molecule has 1 fully saturated rings.